The summed E-state index contributed by atoms with van der Waals surface area (Å²) in [6.07, 6.45) is 2.53. The van der Waals surface area contributed by atoms with Crippen molar-refractivity contribution in [3.63, 3.8) is 0 Å². The van der Waals surface area contributed by atoms with Crippen LogP contribution < -0.4 is 0 Å². The molecular formula is C15H17N7OS. The second-order valence-electron chi connectivity index (χ2n) is 6.12. The molecule has 4 heterocycles. The zero-order valence-electron chi connectivity index (χ0n) is 13.9. The fourth-order valence-electron chi connectivity index (χ4n) is 2.60. The summed E-state index contributed by atoms with van der Waals surface area (Å²) < 4.78 is 8.82. The van der Waals surface area contributed by atoms with Crippen molar-refractivity contribution >= 4 is 16.3 Å². The predicted molar refractivity (Wildman–Crippen MR) is 89.6 cm³/mol. The first-order chi connectivity index (χ1) is 11.5. The standard InChI is InChI=1S/C15H17N7OS/c1-8(2)5-10-6-12(21(4)19-10)13-17-18-15-22(13)20-14(24-15)11-7-23-9(3)16-11/h6-8H,5H2,1-4H3. The van der Waals surface area contributed by atoms with Crippen LogP contribution in [0.2, 0.25) is 0 Å². The van der Waals surface area contributed by atoms with Gasteiger partial charge in [-0.1, -0.05) is 25.2 Å². The Morgan fingerprint density at radius 3 is 2.79 bits per heavy atom. The van der Waals surface area contributed by atoms with E-state index in [1.165, 1.54) is 11.3 Å². The van der Waals surface area contributed by atoms with Crippen LogP contribution in [0.4, 0.5) is 0 Å². The van der Waals surface area contributed by atoms with Gasteiger partial charge in [-0.2, -0.15) is 14.7 Å². The zero-order valence-corrected chi connectivity index (χ0v) is 14.7. The molecule has 0 N–H and O–H groups in total. The molecule has 4 aromatic heterocycles. The third-order valence-corrected chi connectivity index (χ3v) is 4.53. The van der Waals surface area contributed by atoms with Crippen molar-refractivity contribution in [2.24, 2.45) is 13.0 Å². The Labute approximate surface area is 142 Å². The third-order valence-electron chi connectivity index (χ3n) is 3.61. The Hall–Kier alpha value is -2.55. The molecule has 0 unspecified atom stereocenters. The molecule has 0 radical (unpaired) electrons. The Kier molecular flexibility index (Phi) is 3.45. The predicted octanol–water partition coefficient (Wildman–Crippen LogP) is 2.75. The number of oxazole rings is 1. The molecule has 0 amide bonds. The van der Waals surface area contributed by atoms with Crippen LogP contribution in [0.5, 0.6) is 0 Å². The lowest BCUT2D eigenvalue weighted by molar-refractivity contribution is 0.521. The van der Waals surface area contributed by atoms with E-state index in [1.54, 1.807) is 17.7 Å². The average Bonchev–Trinajstić information content (AvgIpc) is 3.22. The molecule has 0 fully saturated rings. The molecule has 24 heavy (non-hydrogen) atoms. The van der Waals surface area contributed by atoms with Crippen LogP contribution in [0.3, 0.4) is 0 Å². The number of aryl methyl sites for hydroxylation is 2. The highest BCUT2D eigenvalue weighted by molar-refractivity contribution is 7.19. The van der Waals surface area contributed by atoms with Gasteiger partial charge in [0.2, 0.25) is 10.8 Å². The lowest BCUT2D eigenvalue weighted by Gasteiger charge is -1.98. The third kappa shape index (κ3) is 2.50. The summed E-state index contributed by atoms with van der Waals surface area (Å²) in [6.45, 7) is 6.16. The van der Waals surface area contributed by atoms with E-state index in [0.717, 1.165) is 22.8 Å². The van der Waals surface area contributed by atoms with Crippen molar-refractivity contribution in [1.29, 1.82) is 0 Å². The molecule has 4 aromatic rings. The maximum absolute atomic E-state index is 5.26. The fraction of sp³-hybridized carbons (Fsp3) is 0.400. The summed E-state index contributed by atoms with van der Waals surface area (Å²) >= 11 is 1.43. The average molecular weight is 343 g/mol. The molecule has 0 aliphatic rings. The summed E-state index contributed by atoms with van der Waals surface area (Å²) in [6, 6.07) is 2.05. The zero-order chi connectivity index (χ0) is 16.8. The first-order valence-electron chi connectivity index (χ1n) is 7.69. The van der Waals surface area contributed by atoms with Crippen LogP contribution in [-0.2, 0) is 13.5 Å². The van der Waals surface area contributed by atoms with Gasteiger partial charge in [0.1, 0.15) is 17.7 Å². The minimum Gasteiger partial charge on any atom is -0.449 e. The summed E-state index contributed by atoms with van der Waals surface area (Å²) in [5, 5.41) is 18.4. The molecule has 0 atom stereocenters. The van der Waals surface area contributed by atoms with E-state index in [0.29, 0.717) is 28.3 Å². The van der Waals surface area contributed by atoms with Gasteiger partial charge < -0.3 is 4.42 Å². The molecule has 0 saturated heterocycles. The number of fused-ring (bicyclic) bond motifs is 1. The van der Waals surface area contributed by atoms with Gasteiger partial charge in [-0.25, -0.2) is 4.98 Å². The van der Waals surface area contributed by atoms with Crippen molar-refractivity contribution in [2.75, 3.05) is 0 Å². The van der Waals surface area contributed by atoms with Crippen molar-refractivity contribution in [3.8, 4) is 22.2 Å². The molecule has 124 valence electrons. The van der Waals surface area contributed by atoms with Crippen molar-refractivity contribution in [1.82, 2.24) is 34.6 Å². The fourth-order valence-corrected chi connectivity index (χ4v) is 3.38. The normalized spacial score (nSPS) is 11.9. The molecule has 0 aromatic carbocycles. The number of rotatable bonds is 4. The molecule has 8 nitrogen and oxygen atoms in total. The monoisotopic (exact) mass is 343 g/mol. The Bertz CT molecular complexity index is 1010. The van der Waals surface area contributed by atoms with Crippen LogP contribution in [0.25, 0.3) is 27.2 Å². The number of aromatic nitrogens is 7. The molecule has 0 aliphatic heterocycles. The van der Waals surface area contributed by atoms with Crippen LogP contribution >= 0.6 is 11.3 Å². The van der Waals surface area contributed by atoms with Gasteiger partial charge in [-0.05, 0) is 18.4 Å². The molecule has 4 rings (SSSR count). The van der Waals surface area contributed by atoms with Gasteiger partial charge in [0.05, 0.1) is 5.69 Å². The largest absolute Gasteiger partial charge is 0.449 e. The van der Waals surface area contributed by atoms with Gasteiger partial charge in [-0.15, -0.1) is 10.2 Å². The highest BCUT2D eigenvalue weighted by Gasteiger charge is 2.19. The summed E-state index contributed by atoms with van der Waals surface area (Å²) in [5.41, 5.74) is 2.65. The number of nitrogens with zero attached hydrogens (tertiary/aromatic N) is 7. The van der Waals surface area contributed by atoms with E-state index in [9.17, 15) is 0 Å². The van der Waals surface area contributed by atoms with E-state index in [1.807, 2.05) is 11.7 Å². The summed E-state index contributed by atoms with van der Waals surface area (Å²) in [4.78, 5) is 5.03. The second kappa shape index (κ2) is 5.52. The van der Waals surface area contributed by atoms with E-state index < -0.39 is 0 Å². The van der Waals surface area contributed by atoms with E-state index in [-0.39, 0.29) is 0 Å². The molecule has 0 aliphatic carbocycles. The van der Waals surface area contributed by atoms with Crippen LogP contribution in [0.15, 0.2) is 16.7 Å². The Morgan fingerprint density at radius 2 is 2.08 bits per heavy atom. The van der Waals surface area contributed by atoms with Gasteiger partial charge in [0, 0.05) is 14.0 Å². The number of hydrogen-bond donors (Lipinski definition) is 0. The first kappa shape index (κ1) is 15.0. The molecule has 0 spiro atoms. The first-order valence-corrected chi connectivity index (χ1v) is 8.51. The quantitative estimate of drug-likeness (QED) is 0.566. The maximum atomic E-state index is 5.26. The van der Waals surface area contributed by atoms with Crippen LogP contribution in [0.1, 0.15) is 25.4 Å². The van der Waals surface area contributed by atoms with Gasteiger partial charge in [0.25, 0.3) is 0 Å². The van der Waals surface area contributed by atoms with Crippen LogP contribution in [0, 0.1) is 12.8 Å². The van der Waals surface area contributed by atoms with Crippen LogP contribution in [-0.4, -0.2) is 34.6 Å². The lowest BCUT2D eigenvalue weighted by Crippen LogP contribution is -1.99. The lowest BCUT2D eigenvalue weighted by atomic mass is 10.1. The Balaban J connectivity index is 1.77. The minimum atomic E-state index is 0.549. The van der Waals surface area contributed by atoms with E-state index >= 15 is 0 Å². The van der Waals surface area contributed by atoms with Crippen molar-refractivity contribution in [3.05, 3.63) is 23.9 Å². The van der Waals surface area contributed by atoms with E-state index in [2.05, 4.69) is 45.3 Å². The molecule has 0 saturated carbocycles. The second-order valence-corrected chi connectivity index (χ2v) is 7.08. The highest BCUT2D eigenvalue weighted by atomic mass is 32.1. The SMILES string of the molecule is Cc1nc(-c2nn3c(-c4cc(CC(C)C)nn4C)nnc3s2)co1. The van der Waals surface area contributed by atoms with Gasteiger partial charge in [0.15, 0.2) is 10.9 Å². The minimum absolute atomic E-state index is 0.549. The maximum Gasteiger partial charge on any atom is 0.235 e. The molecule has 0 bridgehead atoms. The van der Waals surface area contributed by atoms with Crippen molar-refractivity contribution < 1.29 is 4.42 Å². The molecular weight excluding hydrogens is 326 g/mol. The van der Waals surface area contributed by atoms with Gasteiger partial charge >= 0.3 is 0 Å². The summed E-state index contributed by atoms with van der Waals surface area (Å²) in [5.74, 6) is 1.84. The smallest absolute Gasteiger partial charge is 0.235 e. The van der Waals surface area contributed by atoms with E-state index in [4.69, 9.17) is 4.42 Å². The number of hydrogen-bond acceptors (Lipinski definition) is 7. The van der Waals surface area contributed by atoms with Gasteiger partial charge in [-0.3, -0.25) is 4.68 Å². The summed E-state index contributed by atoms with van der Waals surface area (Å²) in [7, 11) is 1.91. The topological polar surface area (TPSA) is 86.9 Å². The molecule has 9 heteroatoms. The van der Waals surface area contributed by atoms with Crippen molar-refractivity contribution in [2.45, 2.75) is 27.2 Å². The highest BCUT2D eigenvalue weighted by Crippen LogP contribution is 2.27. The Morgan fingerprint density at radius 1 is 1.25 bits per heavy atom.